The van der Waals surface area contributed by atoms with Gasteiger partial charge < -0.3 is 5.73 Å². The van der Waals surface area contributed by atoms with Gasteiger partial charge in [0.2, 0.25) is 0 Å². The number of aromatic nitrogens is 2. The minimum absolute atomic E-state index is 0.00265. The molecule has 1 rings (SSSR count). The smallest absolute Gasteiger partial charge is 0.287 e. The van der Waals surface area contributed by atoms with Crippen LogP contribution in [0.2, 0.25) is 0 Å². The lowest BCUT2D eigenvalue weighted by Crippen LogP contribution is -2.44. The largest absolute Gasteiger partial charge is 0.375 e. The highest BCUT2D eigenvalue weighted by Crippen LogP contribution is 1.88. The lowest BCUT2D eigenvalue weighted by atomic mass is 10.4. The highest BCUT2D eigenvalue weighted by Gasteiger charge is 2.04. The van der Waals surface area contributed by atoms with Crippen molar-refractivity contribution in [1.29, 1.82) is 0 Å². The number of nitrogens with one attached hydrogen (secondary N) is 3. The Morgan fingerprint density at radius 3 is 2.92 bits per heavy atom. The van der Waals surface area contributed by atoms with Crippen LogP contribution in [0.5, 0.6) is 0 Å². The summed E-state index contributed by atoms with van der Waals surface area (Å²) in [5.41, 5.74) is 9.96. The fraction of sp³-hybridized carbons (Fsp3) is 0. The highest BCUT2D eigenvalue weighted by molar-refractivity contribution is 7.80. The van der Waals surface area contributed by atoms with Gasteiger partial charge in [-0.3, -0.25) is 20.7 Å². The van der Waals surface area contributed by atoms with Crippen LogP contribution in [0.15, 0.2) is 12.3 Å². The fourth-order valence-corrected chi connectivity index (χ4v) is 0.619. The van der Waals surface area contributed by atoms with Gasteiger partial charge in [0, 0.05) is 6.20 Å². The summed E-state index contributed by atoms with van der Waals surface area (Å²) in [7, 11) is 0. The van der Waals surface area contributed by atoms with E-state index < -0.39 is 0 Å². The first-order valence-electron chi connectivity index (χ1n) is 3.05. The van der Waals surface area contributed by atoms with Gasteiger partial charge in [-0.2, -0.15) is 5.10 Å². The molecule has 12 heavy (non-hydrogen) atoms. The van der Waals surface area contributed by atoms with E-state index in [0.29, 0.717) is 5.69 Å². The van der Waals surface area contributed by atoms with Crippen LogP contribution in [-0.2, 0) is 0 Å². The van der Waals surface area contributed by atoms with Crippen LogP contribution in [0.3, 0.4) is 0 Å². The summed E-state index contributed by atoms with van der Waals surface area (Å²) in [5, 5.41) is 6.07. The summed E-state index contributed by atoms with van der Waals surface area (Å²) >= 11 is 4.47. The van der Waals surface area contributed by atoms with Gasteiger partial charge >= 0.3 is 0 Å². The second kappa shape index (κ2) is 3.67. The summed E-state index contributed by atoms with van der Waals surface area (Å²) in [6.07, 6.45) is 1.47. The Hall–Kier alpha value is -1.63. The number of amides is 1. The maximum atomic E-state index is 11.1. The van der Waals surface area contributed by atoms with Gasteiger partial charge in [0.1, 0.15) is 5.69 Å². The van der Waals surface area contributed by atoms with Crippen molar-refractivity contribution in [3.63, 3.8) is 0 Å². The molecule has 1 aromatic heterocycles. The molecule has 0 unspecified atom stereocenters. The first kappa shape index (κ1) is 8.47. The number of hydrogen-bond acceptors (Lipinski definition) is 3. The number of nitrogens with two attached hydrogens (primary N) is 1. The maximum Gasteiger partial charge on any atom is 0.287 e. The second-order valence-electron chi connectivity index (χ2n) is 1.91. The topological polar surface area (TPSA) is 95.8 Å². The predicted molar refractivity (Wildman–Crippen MR) is 46.0 cm³/mol. The van der Waals surface area contributed by atoms with Crippen LogP contribution in [0.25, 0.3) is 0 Å². The molecule has 1 heterocycles. The van der Waals surface area contributed by atoms with Crippen molar-refractivity contribution in [2.45, 2.75) is 0 Å². The molecule has 0 fully saturated rings. The van der Waals surface area contributed by atoms with Crippen molar-refractivity contribution in [3.05, 3.63) is 18.0 Å². The minimum Gasteiger partial charge on any atom is -0.375 e. The van der Waals surface area contributed by atoms with E-state index in [0.717, 1.165) is 0 Å². The maximum absolute atomic E-state index is 11.1. The standard InChI is InChI=1S/C5H7N5OS/c6-5(12)10-9-4(11)3-1-2-7-8-3/h1-2H,(H,7,8)(H,9,11)(H3,6,10,12). The molecule has 6 nitrogen and oxygen atoms in total. The van der Waals surface area contributed by atoms with E-state index in [1.54, 1.807) is 0 Å². The van der Waals surface area contributed by atoms with Crippen molar-refractivity contribution in [2.24, 2.45) is 5.73 Å². The Kier molecular flexibility index (Phi) is 2.59. The van der Waals surface area contributed by atoms with Crippen LogP contribution in [0.4, 0.5) is 0 Å². The van der Waals surface area contributed by atoms with Gasteiger partial charge in [-0.05, 0) is 18.3 Å². The van der Waals surface area contributed by atoms with Gasteiger partial charge in [-0.15, -0.1) is 0 Å². The molecule has 0 aromatic carbocycles. The number of aromatic amines is 1. The van der Waals surface area contributed by atoms with Crippen molar-refractivity contribution in [2.75, 3.05) is 0 Å². The third-order valence-electron chi connectivity index (χ3n) is 1.04. The predicted octanol–water partition coefficient (Wildman–Crippen LogP) is -1.11. The van der Waals surface area contributed by atoms with E-state index in [2.05, 4.69) is 33.3 Å². The van der Waals surface area contributed by atoms with Crippen molar-refractivity contribution >= 4 is 23.2 Å². The molecule has 0 aliphatic rings. The molecular formula is C5H7N5OS. The first-order valence-corrected chi connectivity index (χ1v) is 3.46. The SMILES string of the molecule is NC(=S)NNC(=O)c1ccn[nH]1. The normalized spacial score (nSPS) is 9.00. The fourth-order valence-electron chi connectivity index (χ4n) is 0.568. The van der Waals surface area contributed by atoms with E-state index in [4.69, 9.17) is 5.73 Å². The minimum atomic E-state index is -0.375. The Balaban J connectivity index is 2.45. The highest BCUT2D eigenvalue weighted by atomic mass is 32.1. The number of nitrogens with zero attached hydrogens (tertiary/aromatic N) is 1. The monoisotopic (exact) mass is 185 g/mol. The Labute approximate surface area is 73.5 Å². The van der Waals surface area contributed by atoms with Crippen molar-refractivity contribution in [3.8, 4) is 0 Å². The average Bonchev–Trinajstić information content (AvgIpc) is 2.51. The van der Waals surface area contributed by atoms with E-state index in [1.165, 1.54) is 12.3 Å². The summed E-state index contributed by atoms with van der Waals surface area (Å²) in [6, 6.07) is 1.52. The van der Waals surface area contributed by atoms with E-state index in [1.807, 2.05) is 0 Å². The zero-order valence-electron chi connectivity index (χ0n) is 6.00. The number of rotatable bonds is 1. The number of hydrazine groups is 1. The van der Waals surface area contributed by atoms with Crippen molar-refractivity contribution < 1.29 is 4.79 Å². The molecule has 0 saturated heterocycles. The average molecular weight is 185 g/mol. The van der Waals surface area contributed by atoms with Gasteiger partial charge in [0.15, 0.2) is 5.11 Å². The second-order valence-corrected chi connectivity index (χ2v) is 2.35. The molecular weight excluding hydrogens is 178 g/mol. The van der Waals surface area contributed by atoms with E-state index in [9.17, 15) is 4.79 Å². The number of thiocarbonyl (C=S) groups is 1. The molecule has 0 aliphatic heterocycles. The van der Waals surface area contributed by atoms with Crippen LogP contribution in [0, 0.1) is 0 Å². The molecule has 5 N–H and O–H groups in total. The molecule has 0 aliphatic carbocycles. The van der Waals surface area contributed by atoms with Crippen LogP contribution < -0.4 is 16.6 Å². The zero-order valence-corrected chi connectivity index (χ0v) is 6.81. The number of hydrogen-bond donors (Lipinski definition) is 4. The summed E-state index contributed by atoms with van der Waals surface area (Å²) in [5.74, 6) is -0.375. The van der Waals surface area contributed by atoms with Gasteiger partial charge in [0.05, 0.1) is 0 Å². The summed E-state index contributed by atoms with van der Waals surface area (Å²) in [6.45, 7) is 0. The Morgan fingerprint density at radius 2 is 2.42 bits per heavy atom. The van der Waals surface area contributed by atoms with E-state index in [-0.39, 0.29) is 11.0 Å². The molecule has 7 heteroatoms. The summed E-state index contributed by atoms with van der Waals surface area (Å²) in [4.78, 5) is 11.1. The van der Waals surface area contributed by atoms with E-state index >= 15 is 0 Å². The lowest BCUT2D eigenvalue weighted by Gasteiger charge is -2.03. The molecule has 0 radical (unpaired) electrons. The quantitative estimate of drug-likeness (QED) is 0.328. The number of carbonyl (C=O) groups excluding carboxylic acids is 1. The third kappa shape index (κ3) is 2.20. The molecule has 0 bridgehead atoms. The Bertz CT molecular complexity index is 282. The zero-order chi connectivity index (χ0) is 8.97. The molecule has 1 amide bonds. The summed E-state index contributed by atoms with van der Waals surface area (Å²) < 4.78 is 0. The molecule has 0 saturated carbocycles. The molecule has 1 aromatic rings. The van der Waals surface area contributed by atoms with Gasteiger partial charge in [0.25, 0.3) is 5.91 Å². The van der Waals surface area contributed by atoms with Crippen LogP contribution >= 0.6 is 12.2 Å². The van der Waals surface area contributed by atoms with Gasteiger partial charge in [-0.25, -0.2) is 0 Å². The van der Waals surface area contributed by atoms with Crippen molar-refractivity contribution in [1.82, 2.24) is 21.0 Å². The van der Waals surface area contributed by atoms with Gasteiger partial charge in [-0.1, -0.05) is 0 Å². The lowest BCUT2D eigenvalue weighted by molar-refractivity contribution is 0.0939. The Morgan fingerprint density at radius 1 is 1.67 bits per heavy atom. The third-order valence-corrected chi connectivity index (χ3v) is 1.15. The van der Waals surface area contributed by atoms with Crippen LogP contribution in [0.1, 0.15) is 10.5 Å². The molecule has 0 spiro atoms. The molecule has 0 atom stereocenters. The van der Waals surface area contributed by atoms with Crippen LogP contribution in [-0.4, -0.2) is 21.2 Å². The number of carbonyl (C=O) groups is 1. The number of H-pyrrole nitrogens is 1. The molecule has 64 valence electrons. The first-order chi connectivity index (χ1) is 5.70.